The summed E-state index contributed by atoms with van der Waals surface area (Å²) in [6.45, 7) is 5.63. The molecule has 0 aliphatic carbocycles. The van der Waals surface area contributed by atoms with Gasteiger partial charge in [0.15, 0.2) is 0 Å². The first kappa shape index (κ1) is 19.9. The Kier molecular flexibility index (Phi) is 7.41. The molecule has 0 heterocycles. The predicted octanol–water partition coefficient (Wildman–Crippen LogP) is 4.95. The first-order chi connectivity index (χ1) is 11.9. The fourth-order valence-corrected chi connectivity index (χ4v) is 4.01. The number of aliphatic hydroxyl groups excluding tert-OH is 1. The van der Waals surface area contributed by atoms with E-state index >= 15 is 0 Å². The molecule has 134 valence electrons. The number of thioether (sulfide) groups is 1. The van der Waals surface area contributed by atoms with Crippen molar-refractivity contribution in [2.75, 3.05) is 0 Å². The monoisotopic (exact) mass is 376 g/mol. The summed E-state index contributed by atoms with van der Waals surface area (Å²) >= 11 is 2.66. The molecule has 2 aromatic rings. The molecular weight excluding hydrogens is 352 g/mol. The first-order valence-electron chi connectivity index (χ1n) is 8.19. The molecule has 1 N–H and O–H groups in total. The van der Waals surface area contributed by atoms with Crippen LogP contribution in [0.15, 0.2) is 65.6 Å². The van der Waals surface area contributed by atoms with Crippen molar-refractivity contribution in [1.29, 1.82) is 0 Å². The lowest BCUT2D eigenvalue weighted by Gasteiger charge is -2.32. The summed E-state index contributed by atoms with van der Waals surface area (Å²) < 4.78 is 4.81. The fourth-order valence-electron chi connectivity index (χ4n) is 2.30. The molecule has 0 aliphatic heterocycles. The lowest BCUT2D eigenvalue weighted by atomic mass is 9.94. The lowest BCUT2D eigenvalue weighted by molar-refractivity contribution is -0.141. The maximum Gasteiger partial charge on any atom is 0.323 e. The average molecular weight is 377 g/mol. The van der Waals surface area contributed by atoms with Crippen molar-refractivity contribution < 1.29 is 14.1 Å². The van der Waals surface area contributed by atoms with Gasteiger partial charge in [0, 0.05) is 15.4 Å². The standard InChI is InChI=1S/C20H24O3S2/c1-15(19(22)23-25-17-12-8-5-9-13-17)18(21)20(2,3)24-14-16-10-6-4-7-11-16/h4-13,15,18,21H,14H2,1-3H3/t15-,18-/m0/s1. The van der Waals surface area contributed by atoms with Crippen molar-refractivity contribution in [2.45, 2.75) is 42.3 Å². The van der Waals surface area contributed by atoms with Crippen LogP contribution in [0.5, 0.6) is 0 Å². The molecule has 0 saturated heterocycles. The van der Waals surface area contributed by atoms with Gasteiger partial charge in [0.05, 0.1) is 24.1 Å². The molecule has 2 aromatic carbocycles. The van der Waals surface area contributed by atoms with Gasteiger partial charge in [0.2, 0.25) is 0 Å². The number of hydrogen-bond donors (Lipinski definition) is 1. The highest BCUT2D eigenvalue weighted by molar-refractivity contribution is 7.99. The zero-order valence-electron chi connectivity index (χ0n) is 14.7. The van der Waals surface area contributed by atoms with E-state index in [2.05, 4.69) is 12.1 Å². The number of hydrogen-bond acceptors (Lipinski definition) is 5. The zero-order chi connectivity index (χ0) is 18.3. The second-order valence-corrected chi connectivity index (χ2v) is 8.84. The molecule has 0 aliphatic rings. The lowest BCUT2D eigenvalue weighted by Crippen LogP contribution is -2.41. The predicted molar refractivity (Wildman–Crippen MR) is 105 cm³/mol. The maximum atomic E-state index is 12.3. The van der Waals surface area contributed by atoms with Crippen LogP contribution in [0.3, 0.4) is 0 Å². The molecule has 0 spiro atoms. The van der Waals surface area contributed by atoms with Crippen LogP contribution in [0.25, 0.3) is 0 Å². The van der Waals surface area contributed by atoms with Gasteiger partial charge in [0.25, 0.3) is 0 Å². The van der Waals surface area contributed by atoms with Crippen LogP contribution >= 0.6 is 23.8 Å². The Morgan fingerprint density at radius 2 is 1.64 bits per heavy atom. The molecule has 25 heavy (non-hydrogen) atoms. The number of aliphatic hydroxyl groups is 1. The van der Waals surface area contributed by atoms with E-state index in [-0.39, 0.29) is 0 Å². The van der Waals surface area contributed by atoms with Crippen LogP contribution in [0, 0.1) is 5.92 Å². The summed E-state index contributed by atoms with van der Waals surface area (Å²) in [5, 5.41) is 10.7. The number of carbonyl (C=O) groups is 1. The fraction of sp³-hybridized carbons (Fsp3) is 0.350. The van der Waals surface area contributed by atoms with E-state index in [1.807, 2.05) is 62.4 Å². The van der Waals surface area contributed by atoms with Gasteiger partial charge in [-0.2, -0.15) is 0 Å². The number of benzene rings is 2. The largest absolute Gasteiger partial charge is 0.391 e. The van der Waals surface area contributed by atoms with E-state index in [1.165, 1.54) is 5.56 Å². The Morgan fingerprint density at radius 3 is 2.24 bits per heavy atom. The van der Waals surface area contributed by atoms with E-state index in [0.29, 0.717) is 0 Å². The summed E-state index contributed by atoms with van der Waals surface area (Å²) in [6.07, 6.45) is -0.801. The SMILES string of the molecule is C[C@H](C(=O)OSc1ccccc1)[C@H](O)C(C)(C)SCc1ccccc1. The Labute approximate surface area is 158 Å². The number of carbonyl (C=O) groups excluding carboxylic acids is 1. The highest BCUT2D eigenvalue weighted by Crippen LogP contribution is 2.35. The van der Waals surface area contributed by atoms with Crippen molar-refractivity contribution in [3.05, 3.63) is 66.2 Å². The molecule has 0 bridgehead atoms. The molecule has 5 heteroatoms. The Balaban J connectivity index is 1.87. The van der Waals surface area contributed by atoms with Gasteiger partial charge >= 0.3 is 5.97 Å². The Morgan fingerprint density at radius 1 is 1.08 bits per heavy atom. The average Bonchev–Trinajstić information content (AvgIpc) is 2.65. The van der Waals surface area contributed by atoms with Crippen molar-refractivity contribution in [2.24, 2.45) is 5.92 Å². The zero-order valence-corrected chi connectivity index (χ0v) is 16.3. The van der Waals surface area contributed by atoms with Crippen LogP contribution in [0.1, 0.15) is 26.3 Å². The third-order valence-electron chi connectivity index (χ3n) is 3.97. The molecule has 2 rings (SSSR count). The summed E-state index contributed by atoms with van der Waals surface area (Å²) in [5.41, 5.74) is 1.20. The quantitative estimate of drug-likeness (QED) is 0.661. The number of rotatable bonds is 8. The Bertz CT molecular complexity index is 659. The minimum atomic E-state index is -0.801. The van der Waals surface area contributed by atoms with Gasteiger partial charge < -0.3 is 9.29 Å². The summed E-state index contributed by atoms with van der Waals surface area (Å²) in [5.74, 6) is -0.227. The normalized spacial score (nSPS) is 13.9. The Hall–Kier alpha value is -1.43. The van der Waals surface area contributed by atoms with E-state index in [1.54, 1.807) is 18.7 Å². The minimum Gasteiger partial charge on any atom is -0.391 e. The van der Waals surface area contributed by atoms with Crippen LogP contribution in [0.2, 0.25) is 0 Å². The molecule has 0 unspecified atom stereocenters. The second kappa shape index (κ2) is 9.32. The molecule has 3 nitrogen and oxygen atoms in total. The second-order valence-electron chi connectivity index (χ2n) is 6.41. The summed E-state index contributed by atoms with van der Waals surface area (Å²) in [6, 6.07) is 19.5. The summed E-state index contributed by atoms with van der Waals surface area (Å²) in [7, 11) is 0. The van der Waals surface area contributed by atoms with E-state index in [4.69, 9.17) is 4.18 Å². The van der Waals surface area contributed by atoms with Gasteiger partial charge in [-0.25, -0.2) is 0 Å². The minimum absolute atomic E-state index is 0.408. The molecule has 0 fully saturated rings. The van der Waals surface area contributed by atoms with Gasteiger partial charge in [-0.15, -0.1) is 11.8 Å². The molecule has 0 aromatic heterocycles. The van der Waals surface area contributed by atoms with E-state index in [9.17, 15) is 9.90 Å². The molecule has 2 atom stereocenters. The molecule has 0 radical (unpaired) electrons. The van der Waals surface area contributed by atoms with Crippen molar-refractivity contribution >= 4 is 29.8 Å². The summed E-state index contributed by atoms with van der Waals surface area (Å²) in [4.78, 5) is 13.1. The van der Waals surface area contributed by atoms with Crippen LogP contribution in [-0.4, -0.2) is 21.9 Å². The van der Waals surface area contributed by atoms with Gasteiger partial charge in [-0.3, -0.25) is 4.79 Å². The van der Waals surface area contributed by atoms with Gasteiger partial charge in [-0.1, -0.05) is 48.5 Å². The van der Waals surface area contributed by atoms with Crippen molar-refractivity contribution in [3.8, 4) is 0 Å². The van der Waals surface area contributed by atoms with Crippen molar-refractivity contribution in [1.82, 2.24) is 0 Å². The smallest absolute Gasteiger partial charge is 0.323 e. The topological polar surface area (TPSA) is 46.5 Å². The van der Waals surface area contributed by atoms with Gasteiger partial charge in [0.1, 0.15) is 0 Å². The van der Waals surface area contributed by atoms with Gasteiger partial charge in [-0.05, 0) is 38.5 Å². The third-order valence-corrected chi connectivity index (χ3v) is 6.15. The highest BCUT2D eigenvalue weighted by Gasteiger charge is 2.37. The van der Waals surface area contributed by atoms with E-state index < -0.39 is 22.7 Å². The van der Waals surface area contributed by atoms with Crippen LogP contribution in [0.4, 0.5) is 0 Å². The highest BCUT2D eigenvalue weighted by atomic mass is 32.2. The molecular formula is C20H24O3S2. The third kappa shape index (κ3) is 6.10. The first-order valence-corrected chi connectivity index (χ1v) is 9.92. The maximum absolute atomic E-state index is 12.3. The molecule has 0 saturated carbocycles. The van der Waals surface area contributed by atoms with E-state index in [0.717, 1.165) is 22.7 Å². The van der Waals surface area contributed by atoms with Crippen LogP contribution in [-0.2, 0) is 14.7 Å². The van der Waals surface area contributed by atoms with Crippen molar-refractivity contribution in [3.63, 3.8) is 0 Å². The molecule has 0 amide bonds. The van der Waals surface area contributed by atoms with Crippen LogP contribution < -0.4 is 0 Å².